The van der Waals surface area contributed by atoms with Gasteiger partial charge in [0.15, 0.2) is 0 Å². The minimum atomic E-state index is 0.155. The van der Waals surface area contributed by atoms with Crippen LogP contribution in [0.2, 0.25) is 0 Å². The van der Waals surface area contributed by atoms with Gasteiger partial charge in [-0.2, -0.15) is 0 Å². The first-order chi connectivity index (χ1) is 9.78. The summed E-state index contributed by atoms with van der Waals surface area (Å²) >= 11 is 0. The Morgan fingerprint density at radius 1 is 1.20 bits per heavy atom. The van der Waals surface area contributed by atoms with E-state index in [1.165, 1.54) is 36.8 Å². The molecular weight excluding hydrogens is 248 g/mol. The molecule has 0 bridgehead atoms. The third kappa shape index (κ3) is 2.90. The number of rotatable bonds is 4. The van der Waals surface area contributed by atoms with E-state index in [1.54, 1.807) is 7.11 Å². The molecule has 110 valence electrons. The average Bonchev–Trinajstić information content (AvgIpc) is 2.79. The molecule has 3 N–H and O–H groups in total. The maximum absolute atomic E-state index is 6.40. The number of nitrogens with two attached hydrogens (primary N) is 1. The molecule has 0 radical (unpaired) electrons. The molecular formula is C17H26N2O. The molecule has 0 amide bonds. The van der Waals surface area contributed by atoms with Crippen molar-refractivity contribution >= 4 is 0 Å². The van der Waals surface area contributed by atoms with Gasteiger partial charge in [-0.15, -0.1) is 0 Å². The van der Waals surface area contributed by atoms with Gasteiger partial charge in [-0.3, -0.25) is 0 Å². The molecule has 0 spiro atoms. The molecule has 1 fully saturated rings. The normalized spacial score (nSPS) is 33.1. The van der Waals surface area contributed by atoms with E-state index in [0.29, 0.717) is 12.1 Å². The van der Waals surface area contributed by atoms with E-state index in [4.69, 9.17) is 10.5 Å². The van der Waals surface area contributed by atoms with Crippen LogP contribution in [-0.2, 0) is 11.2 Å². The average molecular weight is 274 g/mol. The van der Waals surface area contributed by atoms with Gasteiger partial charge < -0.3 is 15.8 Å². The van der Waals surface area contributed by atoms with Gasteiger partial charge in [0, 0.05) is 31.8 Å². The van der Waals surface area contributed by atoms with Gasteiger partial charge in [0.1, 0.15) is 0 Å². The number of nitrogens with one attached hydrogen (secondary N) is 1. The van der Waals surface area contributed by atoms with Gasteiger partial charge in [-0.05, 0) is 49.1 Å². The van der Waals surface area contributed by atoms with E-state index in [2.05, 4.69) is 29.6 Å². The molecule has 0 saturated heterocycles. The van der Waals surface area contributed by atoms with Crippen LogP contribution >= 0.6 is 0 Å². The largest absolute Gasteiger partial charge is 0.384 e. The lowest BCUT2D eigenvalue weighted by Gasteiger charge is -2.32. The van der Waals surface area contributed by atoms with Crippen molar-refractivity contribution in [2.24, 2.45) is 11.7 Å². The Kier molecular flexibility index (Phi) is 4.39. The van der Waals surface area contributed by atoms with E-state index < -0.39 is 0 Å². The molecule has 2 atom stereocenters. The third-order valence-corrected chi connectivity index (χ3v) is 4.99. The molecule has 0 unspecified atom stereocenters. The Bertz CT molecular complexity index is 440. The summed E-state index contributed by atoms with van der Waals surface area (Å²) in [4.78, 5) is 0. The molecule has 0 aromatic heterocycles. The minimum absolute atomic E-state index is 0.155. The Morgan fingerprint density at radius 2 is 1.95 bits per heavy atom. The van der Waals surface area contributed by atoms with Gasteiger partial charge in [-0.1, -0.05) is 24.3 Å². The highest BCUT2D eigenvalue weighted by Gasteiger charge is 2.31. The van der Waals surface area contributed by atoms with E-state index >= 15 is 0 Å². The number of methoxy groups -OCH3 is 1. The Morgan fingerprint density at radius 3 is 2.65 bits per heavy atom. The van der Waals surface area contributed by atoms with Crippen molar-refractivity contribution in [3.05, 3.63) is 35.4 Å². The topological polar surface area (TPSA) is 47.3 Å². The Balaban J connectivity index is 1.53. The van der Waals surface area contributed by atoms with Crippen LogP contribution in [0, 0.1) is 5.92 Å². The minimum Gasteiger partial charge on any atom is -0.384 e. The molecule has 0 heterocycles. The fraction of sp³-hybridized carbons (Fsp3) is 0.647. The molecule has 3 heteroatoms. The van der Waals surface area contributed by atoms with E-state index in [-0.39, 0.29) is 6.04 Å². The second-order valence-electron chi connectivity index (χ2n) is 6.37. The van der Waals surface area contributed by atoms with Crippen LogP contribution in [0.15, 0.2) is 24.3 Å². The number of hydrogen-bond acceptors (Lipinski definition) is 3. The van der Waals surface area contributed by atoms with Crippen molar-refractivity contribution in [3.8, 4) is 0 Å². The first-order valence-electron chi connectivity index (χ1n) is 7.86. The monoisotopic (exact) mass is 274 g/mol. The predicted octanol–water partition coefficient (Wildman–Crippen LogP) is 2.41. The van der Waals surface area contributed by atoms with Crippen LogP contribution in [0.25, 0.3) is 0 Å². The first kappa shape index (κ1) is 14.1. The highest BCUT2D eigenvalue weighted by Crippen LogP contribution is 2.31. The molecule has 20 heavy (non-hydrogen) atoms. The van der Waals surface area contributed by atoms with Crippen molar-refractivity contribution < 1.29 is 4.74 Å². The fourth-order valence-electron chi connectivity index (χ4n) is 3.82. The first-order valence-corrected chi connectivity index (χ1v) is 7.86. The van der Waals surface area contributed by atoms with Crippen molar-refractivity contribution in [1.29, 1.82) is 0 Å². The summed E-state index contributed by atoms with van der Waals surface area (Å²) in [6, 6.07) is 9.80. The standard InChI is InChI=1S/C17H26N2O/c1-20-11-12-6-8-14(9-7-12)19-16-10-13-4-2-3-5-15(13)17(16)18/h2-5,12,14,16-17,19H,6-11,18H2,1H3/t12?,14?,16-,17-/m1/s1. The van der Waals surface area contributed by atoms with Crippen LogP contribution in [-0.4, -0.2) is 25.8 Å². The van der Waals surface area contributed by atoms with Crippen molar-refractivity contribution in [1.82, 2.24) is 5.32 Å². The number of hydrogen-bond donors (Lipinski definition) is 2. The van der Waals surface area contributed by atoms with Crippen molar-refractivity contribution in [3.63, 3.8) is 0 Å². The van der Waals surface area contributed by atoms with Gasteiger partial charge in [0.25, 0.3) is 0 Å². The van der Waals surface area contributed by atoms with Gasteiger partial charge in [0.2, 0.25) is 0 Å². The lowest BCUT2D eigenvalue weighted by atomic mass is 9.86. The molecule has 0 aliphatic heterocycles. The predicted molar refractivity (Wildman–Crippen MR) is 81.6 cm³/mol. The van der Waals surface area contributed by atoms with Crippen molar-refractivity contribution in [2.45, 2.75) is 50.2 Å². The fourth-order valence-corrected chi connectivity index (χ4v) is 3.82. The third-order valence-electron chi connectivity index (χ3n) is 4.99. The summed E-state index contributed by atoms with van der Waals surface area (Å²) in [6.07, 6.45) is 6.15. The SMILES string of the molecule is COCC1CCC(N[C@@H]2Cc3ccccc3[C@H]2N)CC1. The maximum atomic E-state index is 6.40. The lowest BCUT2D eigenvalue weighted by Crippen LogP contribution is -2.44. The van der Waals surface area contributed by atoms with Crippen LogP contribution in [0.1, 0.15) is 42.9 Å². The molecule has 2 aliphatic carbocycles. The quantitative estimate of drug-likeness (QED) is 0.886. The Hall–Kier alpha value is -0.900. The molecule has 3 nitrogen and oxygen atoms in total. The van der Waals surface area contributed by atoms with E-state index in [1.807, 2.05) is 0 Å². The molecule has 2 aliphatic rings. The Labute approximate surface area is 121 Å². The van der Waals surface area contributed by atoms with Crippen LogP contribution in [0.4, 0.5) is 0 Å². The zero-order chi connectivity index (χ0) is 13.9. The van der Waals surface area contributed by atoms with Gasteiger partial charge >= 0.3 is 0 Å². The highest BCUT2D eigenvalue weighted by molar-refractivity contribution is 5.36. The van der Waals surface area contributed by atoms with Crippen LogP contribution < -0.4 is 11.1 Å². The molecule has 3 rings (SSSR count). The number of fused-ring (bicyclic) bond motifs is 1. The zero-order valence-electron chi connectivity index (χ0n) is 12.3. The maximum Gasteiger partial charge on any atom is 0.0490 e. The van der Waals surface area contributed by atoms with Crippen LogP contribution in [0.3, 0.4) is 0 Å². The second-order valence-corrected chi connectivity index (χ2v) is 6.37. The number of ether oxygens (including phenoxy) is 1. The second kappa shape index (κ2) is 6.25. The van der Waals surface area contributed by atoms with Crippen molar-refractivity contribution in [2.75, 3.05) is 13.7 Å². The zero-order valence-corrected chi connectivity index (χ0v) is 12.3. The summed E-state index contributed by atoms with van der Waals surface area (Å²) < 4.78 is 5.27. The highest BCUT2D eigenvalue weighted by atomic mass is 16.5. The molecule has 1 saturated carbocycles. The smallest absolute Gasteiger partial charge is 0.0490 e. The van der Waals surface area contributed by atoms with Gasteiger partial charge in [0.05, 0.1) is 0 Å². The summed E-state index contributed by atoms with van der Waals surface area (Å²) in [5.41, 5.74) is 9.15. The summed E-state index contributed by atoms with van der Waals surface area (Å²) in [6.45, 7) is 0.918. The summed E-state index contributed by atoms with van der Waals surface area (Å²) in [5.74, 6) is 0.757. The molecule has 1 aromatic rings. The van der Waals surface area contributed by atoms with Gasteiger partial charge in [-0.25, -0.2) is 0 Å². The van der Waals surface area contributed by atoms with Crippen LogP contribution in [0.5, 0.6) is 0 Å². The number of benzene rings is 1. The van der Waals surface area contributed by atoms with E-state index in [0.717, 1.165) is 18.9 Å². The lowest BCUT2D eigenvalue weighted by molar-refractivity contribution is 0.122. The summed E-state index contributed by atoms with van der Waals surface area (Å²) in [7, 11) is 1.80. The summed E-state index contributed by atoms with van der Waals surface area (Å²) in [5, 5.41) is 3.81. The molecule has 1 aromatic carbocycles. The van der Waals surface area contributed by atoms with E-state index in [9.17, 15) is 0 Å².